The van der Waals surface area contributed by atoms with E-state index < -0.39 is 5.60 Å². The van der Waals surface area contributed by atoms with E-state index in [0.29, 0.717) is 6.42 Å². The molecule has 0 fully saturated rings. The summed E-state index contributed by atoms with van der Waals surface area (Å²) >= 11 is 0. The molecule has 0 aliphatic carbocycles. The van der Waals surface area contributed by atoms with Gasteiger partial charge in [-0.05, 0) is 45.2 Å². The number of hydrogen-bond acceptors (Lipinski definition) is 3. The maximum Gasteiger partial charge on any atom is 0.418 e. The highest BCUT2D eigenvalue weighted by atomic mass is 16.6. The predicted octanol–water partition coefficient (Wildman–Crippen LogP) is 3.68. The van der Waals surface area contributed by atoms with E-state index in [1.165, 1.54) is 4.57 Å². The first-order valence-corrected chi connectivity index (χ1v) is 6.12. The van der Waals surface area contributed by atoms with Crippen LogP contribution >= 0.6 is 0 Å². The summed E-state index contributed by atoms with van der Waals surface area (Å²) in [7, 11) is 0. The Labute approximate surface area is 108 Å². The summed E-state index contributed by atoms with van der Waals surface area (Å²) in [4.78, 5) is 12.0. The number of carbonyl (C=O) groups excluding carboxylic acids is 1. The molecule has 1 rings (SSSR count). The Hall–Kier alpha value is -1.76. The number of rotatable bonds is 3. The molecule has 1 atom stereocenters. The normalized spacial score (nSPS) is 12.8. The van der Waals surface area contributed by atoms with Gasteiger partial charge in [0.05, 0.1) is 6.07 Å². The van der Waals surface area contributed by atoms with Crippen molar-refractivity contribution in [1.82, 2.24) is 4.57 Å². The molecule has 1 aromatic rings. The second-order valence-corrected chi connectivity index (χ2v) is 5.38. The van der Waals surface area contributed by atoms with Crippen LogP contribution in [0.3, 0.4) is 0 Å². The molecule has 0 amide bonds. The summed E-state index contributed by atoms with van der Waals surface area (Å²) in [6.07, 6.45) is 2.56. The minimum Gasteiger partial charge on any atom is -0.443 e. The van der Waals surface area contributed by atoms with Crippen LogP contribution < -0.4 is 0 Å². The molecule has 98 valence electrons. The highest BCUT2D eigenvalue weighted by Crippen LogP contribution is 2.22. The second-order valence-electron chi connectivity index (χ2n) is 5.38. The number of nitrogens with zero attached hydrogens (tertiary/aromatic N) is 2. The van der Waals surface area contributed by atoms with Gasteiger partial charge in [0.25, 0.3) is 0 Å². The summed E-state index contributed by atoms with van der Waals surface area (Å²) < 4.78 is 6.86. The topological polar surface area (TPSA) is 55.0 Å². The molecule has 0 N–H and O–H groups in total. The SMILES string of the molecule is CC(CCC#N)c1cccn1C(=O)OC(C)(C)C. The van der Waals surface area contributed by atoms with Crippen molar-refractivity contribution in [2.24, 2.45) is 0 Å². The zero-order valence-corrected chi connectivity index (χ0v) is 11.4. The van der Waals surface area contributed by atoms with E-state index in [2.05, 4.69) is 6.07 Å². The third-order valence-corrected chi connectivity index (χ3v) is 2.56. The van der Waals surface area contributed by atoms with Gasteiger partial charge in [-0.2, -0.15) is 5.26 Å². The largest absolute Gasteiger partial charge is 0.443 e. The molecule has 0 saturated carbocycles. The van der Waals surface area contributed by atoms with Gasteiger partial charge in [-0.3, -0.25) is 4.57 Å². The van der Waals surface area contributed by atoms with E-state index in [4.69, 9.17) is 10.00 Å². The molecular formula is C14H20N2O2. The molecule has 18 heavy (non-hydrogen) atoms. The van der Waals surface area contributed by atoms with Crippen LogP contribution in [0.25, 0.3) is 0 Å². The zero-order chi connectivity index (χ0) is 13.8. The molecule has 1 aromatic heterocycles. The predicted molar refractivity (Wildman–Crippen MR) is 69.3 cm³/mol. The maximum absolute atomic E-state index is 12.0. The molecule has 0 radical (unpaired) electrons. The van der Waals surface area contributed by atoms with Crippen LogP contribution in [0.4, 0.5) is 4.79 Å². The van der Waals surface area contributed by atoms with E-state index in [1.54, 1.807) is 6.20 Å². The lowest BCUT2D eigenvalue weighted by Gasteiger charge is -2.21. The fourth-order valence-corrected chi connectivity index (χ4v) is 1.70. The molecule has 0 aliphatic rings. The summed E-state index contributed by atoms with van der Waals surface area (Å²) in [5, 5.41) is 8.60. The van der Waals surface area contributed by atoms with Crippen molar-refractivity contribution in [2.45, 2.75) is 52.1 Å². The van der Waals surface area contributed by atoms with E-state index in [1.807, 2.05) is 39.8 Å². The molecule has 1 heterocycles. The number of ether oxygens (including phenoxy) is 1. The Morgan fingerprint density at radius 2 is 2.22 bits per heavy atom. The number of carbonyl (C=O) groups is 1. The Bertz CT molecular complexity index is 449. The molecule has 4 nitrogen and oxygen atoms in total. The smallest absolute Gasteiger partial charge is 0.418 e. The summed E-state index contributed by atoms with van der Waals surface area (Å²) in [5.41, 5.74) is 0.383. The lowest BCUT2D eigenvalue weighted by molar-refractivity contribution is 0.0531. The van der Waals surface area contributed by atoms with Crippen LogP contribution in [0.5, 0.6) is 0 Å². The van der Waals surface area contributed by atoms with Gasteiger partial charge < -0.3 is 4.74 Å². The maximum atomic E-state index is 12.0. The van der Waals surface area contributed by atoms with Gasteiger partial charge in [0.15, 0.2) is 0 Å². The molecule has 0 spiro atoms. The van der Waals surface area contributed by atoms with E-state index >= 15 is 0 Å². The van der Waals surface area contributed by atoms with Crippen molar-refractivity contribution in [3.8, 4) is 6.07 Å². The van der Waals surface area contributed by atoms with Crippen molar-refractivity contribution in [3.63, 3.8) is 0 Å². The molecule has 0 aromatic carbocycles. The van der Waals surface area contributed by atoms with Crippen molar-refractivity contribution >= 4 is 6.09 Å². The quantitative estimate of drug-likeness (QED) is 0.819. The second kappa shape index (κ2) is 5.72. The van der Waals surface area contributed by atoms with Gasteiger partial charge in [-0.1, -0.05) is 6.92 Å². The first-order chi connectivity index (χ1) is 8.35. The Morgan fingerprint density at radius 1 is 1.56 bits per heavy atom. The summed E-state index contributed by atoms with van der Waals surface area (Å²) in [5.74, 6) is 0.159. The van der Waals surface area contributed by atoms with E-state index in [9.17, 15) is 4.79 Å². The first kappa shape index (κ1) is 14.3. The zero-order valence-electron chi connectivity index (χ0n) is 11.4. The van der Waals surface area contributed by atoms with Gasteiger partial charge in [0.2, 0.25) is 0 Å². The summed E-state index contributed by atoms with van der Waals surface area (Å²) in [6.45, 7) is 7.53. The lowest BCUT2D eigenvalue weighted by Crippen LogP contribution is -2.28. The fourth-order valence-electron chi connectivity index (χ4n) is 1.70. The lowest BCUT2D eigenvalue weighted by atomic mass is 10.0. The van der Waals surface area contributed by atoms with E-state index in [0.717, 1.165) is 12.1 Å². The Balaban J connectivity index is 2.82. The summed E-state index contributed by atoms with van der Waals surface area (Å²) in [6, 6.07) is 5.84. The number of hydrogen-bond donors (Lipinski definition) is 0. The van der Waals surface area contributed by atoms with Crippen LogP contribution in [0, 0.1) is 11.3 Å². The fraction of sp³-hybridized carbons (Fsp3) is 0.571. The van der Waals surface area contributed by atoms with Crippen molar-refractivity contribution in [2.75, 3.05) is 0 Å². The van der Waals surface area contributed by atoms with Gasteiger partial charge in [0.1, 0.15) is 5.60 Å². The van der Waals surface area contributed by atoms with Crippen molar-refractivity contribution < 1.29 is 9.53 Å². The molecular weight excluding hydrogens is 228 g/mol. The standard InChI is InChI=1S/C14H20N2O2/c1-11(7-5-9-15)12-8-6-10-16(12)13(17)18-14(2,3)4/h6,8,10-11H,5,7H2,1-4H3. The first-order valence-electron chi connectivity index (χ1n) is 6.12. The van der Waals surface area contributed by atoms with Crippen molar-refractivity contribution in [1.29, 1.82) is 5.26 Å². The number of nitriles is 1. The highest BCUT2D eigenvalue weighted by molar-refractivity contribution is 5.72. The highest BCUT2D eigenvalue weighted by Gasteiger charge is 2.20. The molecule has 0 aliphatic heterocycles. The monoisotopic (exact) mass is 248 g/mol. The van der Waals surface area contributed by atoms with Crippen molar-refractivity contribution in [3.05, 3.63) is 24.0 Å². The average molecular weight is 248 g/mol. The Morgan fingerprint density at radius 3 is 2.78 bits per heavy atom. The van der Waals surface area contributed by atoms with Crippen LogP contribution in [0.2, 0.25) is 0 Å². The van der Waals surface area contributed by atoms with Crippen LogP contribution in [0.1, 0.15) is 52.1 Å². The van der Waals surface area contributed by atoms with E-state index in [-0.39, 0.29) is 12.0 Å². The third kappa shape index (κ3) is 3.92. The van der Waals surface area contributed by atoms with Crippen LogP contribution in [-0.4, -0.2) is 16.3 Å². The van der Waals surface area contributed by atoms with Crippen LogP contribution in [0.15, 0.2) is 18.3 Å². The third-order valence-electron chi connectivity index (χ3n) is 2.56. The average Bonchev–Trinajstić information content (AvgIpc) is 2.72. The molecule has 1 unspecified atom stereocenters. The van der Waals surface area contributed by atoms with Gasteiger partial charge >= 0.3 is 6.09 Å². The van der Waals surface area contributed by atoms with Crippen LogP contribution in [-0.2, 0) is 4.74 Å². The minimum absolute atomic E-state index is 0.159. The number of aromatic nitrogens is 1. The Kier molecular flexibility index (Phi) is 4.55. The van der Waals surface area contributed by atoms with Gasteiger partial charge in [-0.15, -0.1) is 0 Å². The van der Waals surface area contributed by atoms with Gasteiger partial charge in [-0.25, -0.2) is 4.79 Å². The van der Waals surface area contributed by atoms with Gasteiger partial charge in [0, 0.05) is 18.3 Å². The molecule has 0 saturated heterocycles. The minimum atomic E-state index is -0.505. The molecule has 0 bridgehead atoms. The molecule has 4 heteroatoms.